The predicted octanol–water partition coefficient (Wildman–Crippen LogP) is 4.48. The fourth-order valence-corrected chi connectivity index (χ4v) is 2.91. The third-order valence-corrected chi connectivity index (χ3v) is 4.57. The average Bonchev–Trinajstić information content (AvgIpc) is 2.68. The molecule has 2 aromatic carbocycles. The standard InChI is InChI=1S/C21H26ClNO4/c1-6-23(13-16-8-10-18(25-4)20(12-16)26-5)21(24)15(3)27-19-11-14(2)7-9-17(19)22/h7-12,15H,6,13H2,1-5H3. The summed E-state index contributed by atoms with van der Waals surface area (Å²) in [6.45, 7) is 6.63. The number of carbonyl (C=O) groups excluding carboxylic acids is 1. The van der Waals surface area contributed by atoms with Crippen molar-refractivity contribution in [1.82, 2.24) is 4.90 Å². The highest BCUT2D eigenvalue weighted by Crippen LogP contribution is 2.29. The van der Waals surface area contributed by atoms with Crippen LogP contribution in [0.25, 0.3) is 0 Å². The summed E-state index contributed by atoms with van der Waals surface area (Å²) in [5.41, 5.74) is 1.97. The largest absolute Gasteiger partial charge is 0.493 e. The van der Waals surface area contributed by atoms with Gasteiger partial charge in [-0.3, -0.25) is 4.79 Å². The maximum absolute atomic E-state index is 12.9. The van der Waals surface area contributed by atoms with Gasteiger partial charge in [0.15, 0.2) is 17.6 Å². The average molecular weight is 392 g/mol. The van der Waals surface area contributed by atoms with Crippen molar-refractivity contribution in [2.45, 2.75) is 33.4 Å². The Morgan fingerprint density at radius 3 is 2.41 bits per heavy atom. The molecule has 0 aromatic heterocycles. The number of benzene rings is 2. The molecule has 0 saturated carbocycles. The van der Waals surface area contributed by atoms with Gasteiger partial charge in [-0.1, -0.05) is 23.7 Å². The highest BCUT2D eigenvalue weighted by molar-refractivity contribution is 6.32. The first-order valence-electron chi connectivity index (χ1n) is 8.82. The minimum atomic E-state index is -0.649. The molecule has 6 heteroatoms. The van der Waals surface area contributed by atoms with Gasteiger partial charge in [-0.2, -0.15) is 0 Å². The molecule has 0 aliphatic heterocycles. The number of halogens is 1. The highest BCUT2D eigenvalue weighted by atomic mass is 35.5. The monoisotopic (exact) mass is 391 g/mol. The van der Waals surface area contributed by atoms with Crippen molar-refractivity contribution in [2.75, 3.05) is 20.8 Å². The molecular formula is C21H26ClNO4. The number of hydrogen-bond donors (Lipinski definition) is 0. The summed E-state index contributed by atoms with van der Waals surface area (Å²) in [5, 5.41) is 0.489. The number of methoxy groups -OCH3 is 2. The quantitative estimate of drug-likeness (QED) is 0.665. The van der Waals surface area contributed by atoms with Gasteiger partial charge in [-0.05, 0) is 56.2 Å². The molecular weight excluding hydrogens is 366 g/mol. The van der Waals surface area contributed by atoms with E-state index < -0.39 is 6.10 Å². The lowest BCUT2D eigenvalue weighted by atomic mass is 10.1. The summed E-state index contributed by atoms with van der Waals surface area (Å²) in [4.78, 5) is 14.6. The molecule has 0 bridgehead atoms. The predicted molar refractivity (Wildman–Crippen MR) is 107 cm³/mol. The van der Waals surface area contributed by atoms with Gasteiger partial charge in [0.2, 0.25) is 0 Å². The smallest absolute Gasteiger partial charge is 0.263 e. The van der Waals surface area contributed by atoms with Crippen molar-refractivity contribution >= 4 is 17.5 Å². The van der Waals surface area contributed by atoms with Crippen LogP contribution in [-0.2, 0) is 11.3 Å². The maximum Gasteiger partial charge on any atom is 0.263 e. The molecule has 1 unspecified atom stereocenters. The van der Waals surface area contributed by atoms with Crippen LogP contribution in [0.1, 0.15) is 25.0 Å². The number of ether oxygens (including phenoxy) is 3. The number of hydrogen-bond acceptors (Lipinski definition) is 4. The van der Waals surface area contributed by atoms with Gasteiger partial charge < -0.3 is 19.1 Å². The molecule has 27 heavy (non-hydrogen) atoms. The minimum Gasteiger partial charge on any atom is -0.493 e. The molecule has 1 atom stereocenters. The van der Waals surface area contributed by atoms with E-state index in [1.807, 2.05) is 44.2 Å². The van der Waals surface area contributed by atoms with Crippen LogP contribution in [0.4, 0.5) is 0 Å². The minimum absolute atomic E-state index is 0.107. The second-order valence-electron chi connectivity index (χ2n) is 6.24. The number of carbonyl (C=O) groups is 1. The Labute approximate surface area is 165 Å². The van der Waals surface area contributed by atoms with E-state index in [1.165, 1.54) is 0 Å². The topological polar surface area (TPSA) is 48.0 Å². The SMILES string of the molecule is CCN(Cc1ccc(OC)c(OC)c1)C(=O)C(C)Oc1cc(C)ccc1Cl. The summed E-state index contributed by atoms with van der Waals surface area (Å²) in [6, 6.07) is 11.1. The van der Waals surface area contributed by atoms with Crippen LogP contribution >= 0.6 is 11.6 Å². The molecule has 2 aromatic rings. The zero-order valence-corrected chi connectivity index (χ0v) is 17.2. The summed E-state index contributed by atoms with van der Waals surface area (Å²) in [7, 11) is 3.18. The Morgan fingerprint density at radius 2 is 1.78 bits per heavy atom. The summed E-state index contributed by atoms with van der Waals surface area (Å²) in [5.74, 6) is 1.69. The van der Waals surface area contributed by atoms with Gasteiger partial charge in [-0.25, -0.2) is 0 Å². The third-order valence-electron chi connectivity index (χ3n) is 4.25. The van der Waals surface area contributed by atoms with E-state index in [-0.39, 0.29) is 5.91 Å². The molecule has 0 spiro atoms. The Morgan fingerprint density at radius 1 is 1.07 bits per heavy atom. The first kappa shape index (κ1) is 20.9. The Kier molecular flexibility index (Phi) is 7.36. The first-order chi connectivity index (χ1) is 12.9. The summed E-state index contributed by atoms with van der Waals surface area (Å²) in [6.07, 6.45) is -0.649. The van der Waals surface area contributed by atoms with E-state index in [0.717, 1.165) is 11.1 Å². The number of amides is 1. The van der Waals surface area contributed by atoms with Gasteiger partial charge in [0.05, 0.1) is 19.2 Å². The van der Waals surface area contributed by atoms with E-state index in [4.69, 9.17) is 25.8 Å². The lowest BCUT2D eigenvalue weighted by Gasteiger charge is -2.25. The number of likely N-dealkylation sites (N-methyl/N-ethyl adjacent to an activating group) is 1. The van der Waals surface area contributed by atoms with Crippen LogP contribution in [0, 0.1) is 6.92 Å². The van der Waals surface area contributed by atoms with Gasteiger partial charge in [0, 0.05) is 13.1 Å². The van der Waals surface area contributed by atoms with Gasteiger partial charge in [-0.15, -0.1) is 0 Å². The Balaban J connectivity index is 2.11. The number of rotatable bonds is 8. The summed E-state index contributed by atoms with van der Waals surface area (Å²) < 4.78 is 16.4. The van der Waals surface area contributed by atoms with E-state index in [2.05, 4.69) is 0 Å². The molecule has 0 aliphatic carbocycles. The van der Waals surface area contributed by atoms with Gasteiger partial charge in [0.25, 0.3) is 5.91 Å². The maximum atomic E-state index is 12.9. The highest BCUT2D eigenvalue weighted by Gasteiger charge is 2.22. The molecule has 0 radical (unpaired) electrons. The number of aryl methyl sites for hydroxylation is 1. The van der Waals surface area contributed by atoms with E-state index >= 15 is 0 Å². The van der Waals surface area contributed by atoms with Crippen LogP contribution in [0.3, 0.4) is 0 Å². The van der Waals surface area contributed by atoms with Crippen molar-refractivity contribution in [2.24, 2.45) is 0 Å². The zero-order valence-electron chi connectivity index (χ0n) is 16.4. The van der Waals surface area contributed by atoms with Crippen molar-refractivity contribution in [3.8, 4) is 17.2 Å². The lowest BCUT2D eigenvalue weighted by molar-refractivity contribution is -0.138. The molecule has 0 N–H and O–H groups in total. The Bertz CT molecular complexity index is 794. The van der Waals surface area contributed by atoms with Crippen LogP contribution in [0.2, 0.25) is 5.02 Å². The zero-order chi connectivity index (χ0) is 20.0. The molecule has 5 nitrogen and oxygen atoms in total. The van der Waals surface area contributed by atoms with Crippen LogP contribution < -0.4 is 14.2 Å². The molecule has 0 aliphatic rings. The third kappa shape index (κ3) is 5.30. The first-order valence-corrected chi connectivity index (χ1v) is 9.19. The lowest BCUT2D eigenvalue weighted by Crippen LogP contribution is -2.40. The van der Waals surface area contributed by atoms with Crippen molar-refractivity contribution in [3.05, 3.63) is 52.5 Å². The Hall–Kier alpha value is -2.40. The van der Waals surface area contributed by atoms with Crippen molar-refractivity contribution in [1.29, 1.82) is 0 Å². The molecule has 1 amide bonds. The molecule has 0 fully saturated rings. The van der Waals surface area contributed by atoms with Crippen LogP contribution in [0.5, 0.6) is 17.2 Å². The van der Waals surface area contributed by atoms with Crippen LogP contribution in [0.15, 0.2) is 36.4 Å². The number of nitrogens with zero attached hydrogens (tertiary/aromatic N) is 1. The fraction of sp³-hybridized carbons (Fsp3) is 0.381. The van der Waals surface area contributed by atoms with Gasteiger partial charge >= 0.3 is 0 Å². The second-order valence-corrected chi connectivity index (χ2v) is 6.64. The van der Waals surface area contributed by atoms with E-state index in [0.29, 0.717) is 35.4 Å². The molecule has 146 valence electrons. The normalized spacial score (nSPS) is 11.6. The van der Waals surface area contributed by atoms with Gasteiger partial charge in [0.1, 0.15) is 5.75 Å². The molecule has 0 saturated heterocycles. The van der Waals surface area contributed by atoms with Crippen molar-refractivity contribution < 1.29 is 19.0 Å². The molecule has 2 rings (SSSR count). The summed E-state index contributed by atoms with van der Waals surface area (Å²) >= 11 is 6.17. The van der Waals surface area contributed by atoms with E-state index in [1.54, 1.807) is 32.1 Å². The van der Waals surface area contributed by atoms with E-state index in [9.17, 15) is 4.79 Å². The van der Waals surface area contributed by atoms with Crippen LogP contribution in [-0.4, -0.2) is 37.7 Å². The second kappa shape index (κ2) is 9.51. The molecule has 0 heterocycles. The fourth-order valence-electron chi connectivity index (χ4n) is 2.74. The van der Waals surface area contributed by atoms with Crippen molar-refractivity contribution in [3.63, 3.8) is 0 Å².